The molecule has 2 rings (SSSR count). The van der Waals surface area contributed by atoms with Crippen molar-refractivity contribution in [1.82, 2.24) is 9.62 Å². The van der Waals surface area contributed by atoms with Crippen LogP contribution >= 0.6 is 0 Å². The normalized spacial score (nSPS) is 16.1. The number of carbonyl (C=O) groups excluding carboxylic acids is 2. The summed E-state index contributed by atoms with van der Waals surface area (Å²) in [6, 6.07) is 3.68. The SMILES string of the molecule is Cc1ccc(S(=O)(=O)N[C@@H](C(=O)OCC(=O)N2CCOCC2)C(C)C)cc1C. The minimum absolute atomic E-state index is 0.0819. The molecule has 1 aromatic carbocycles. The zero-order valence-corrected chi connectivity index (χ0v) is 17.5. The third kappa shape index (κ3) is 5.76. The Hall–Kier alpha value is -1.97. The van der Waals surface area contributed by atoms with E-state index in [4.69, 9.17) is 9.47 Å². The van der Waals surface area contributed by atoms with Gasteiger partial charge in [0.25, 0.3) is 5.91 Å². The number of nitrogens with zero attached hydrogens (tertiary/aromatic N) is 1. The van der Waals surface area contributed by atoms with Gasteiger partial charge in [-0.2, -0.15) is 4.72 Å². The number of benzene rings is 1. The topological polar surface area (TPSA) is 102 Å². The standard InChI is InChI=1S/C19H28N2O6S/c1-13(2)18(19(23)27-12-17(22)21-7-9-26-10-8-21)20-28(24,25)16-6-5-14(3)15(4)11-16/h5-6,11,13,18,20H,7-10,12H2,1-4H3/t18-/m1/s1. The molecule has 8 nitrogen and oxygen atoms in total. The van der Waals surface area contributed by atoms with Crippen molar-refractivity contribution < 1.29 is 27.5 Å². The first-order chi connectivity index (χ1) is 13.1. The Kier molecular flexibility index (Phi) is 7.56. The number of hydrogen-bond donors (Lipinski definition) is 1. The third-order valence-corrected chi connectivity index (χ3v) is 6.13. The third-order valence-electron chi connectivity index (χ3n) is 4.69. The molecule has 0 unspecified atom stereocenters. The molecule has 1 aliphatic rings. The van der Waals surface area contributed by atoms with E-state index in [1.165, 1.54) is 6.07 Å². The number of morpholine rings is 1. The van der Waals surface area contributed by atoms with Crippen LogP contribution in [0.4, 0.5) is 0 Å². The molecule has 1 amide bonds. The molecule has 1 N–H and O–H groups in total. The van der Waals surface area contributed by atoms with Crippen LogP contribution in [0.25, 0.3) is 0 Å². The molecule has 1 atom stereocenters. The smallest absolute Gasteiger partial charge is 0.324 e. The number of ether oxygens (including phenoxy) is 2. The zero-order chi connectivity index (χ0) is 20.9. The summed E-state index contributed by atoms with van der Waals surface area (Å²) in [7, 11) is -3.91. The summed E-state index contributed by atoms with van der Waals surface area (Å²) in [5.74, 6) is -1.45. The summed E-state index contributed by atoms with van der Waals surface area (Å²) in [6.07, 6.45) is 0. The van der Waals surface area contributed by atoms with E-state index in [0.717, 1.165) is 11.1 Å². The fourth-order valence-corrected chi connectivity index (χ4v) is 4.12. The van der Waals surface area contributed by atoms with Crippen molar-refractivity contribution in [2.45, 2.75) is 38.6 Å². The van der Waals surface area contributed by atoms with Crippen LogP contribution < -0.4 is 4.72 Å². The lowest BCUT2D eigenvalue weighted by Crippen LogP contribution is -2.47. The van der Waals surface area contributed by atoms with E-state index in [9.17, 15) is 18.0 Å². The summed E-state index contributed by atoms with van der Waals surface area (Å²) in [6.45, 7) is 8.49. The van der Waals surface area contributed by atoms with Gasteiger partial charge in [-0.25, -0.2) is 8.42 Å². The van der Waals surface area contributed by atoms with Crippen molar-refractivity contribution >= 4 is 21.9 Å². The first-order valence-electron chi connectivity index (χ1n) is 9.23. The molecule has 0 aromatic heterocycles. The van der Waals surface area contributed by atoms with Gasteiger partial charge in [-0.05, 0) is 43.0 Å². The molecule has 156 valence electrons. The maximum Gasteiger partial charge on any atom is 0.324 e. The van der Waals surface area contributed by atoms with Crippen LogP contribution in [0.1, 0.15) is 25.0 Å². The van der Waals surface area contributed by atoms with Crippen LogP contribution in [0.15, 0.2) is 23.1 Å². The van der Waals surface area contributed by atoms with Gasteiger partial charge < -0.3 is 14.4 Å². The largest absolute Gasteiger partial charge is 0.454 e. The lowest BCUT2D eigenvalue weighted by molar-refractivity contribution is -0.155. The molecular formula is C19H28N2O6S. The maximum absolute atomic E-state index is 12.7. The number of esters is 1. The molecule has 28 heavy (non-hydrogen) atoms. The van der Waals surface area contributed by atoms with Gasteiger partial charge >= 0.3 is 5.97 Å². The minimum atomic E-state index is -3.91. The van der Waals surface area contributed by atoms with Gasteiger partial charge in [-0.1, -0.05) is 19.9 Å². The van der Waals surface area contributed by atoms with Crippen molar-refractivity contribution in [2.75, 3.05) is 32.9 Å². The molecule has 1 aromatic rings. The molecule has 1 saturated heterocycles. The van der Waals surface area contributed by atoms with E-state index in [2.05, 4.69) is 4.72 Å². The van der Waals surface area contributed by atoms with E-state index in [0.29, 0.717) is 26.3 Å². The molecule has 0 saturated carbocycles. The zero-order valence-electron chi connectivity index (χ0n) is 16.7. The molecule has 0 bridgehead atoms. The van der Waals surface area contributed by atoms with Crippen LogP contribution in [-0.4, -0.2) is 64.1 Å². The molecule has 0 spiro atoms. The fourth-order valence-electron chi connectivity index (χ4n) is 2.70. The second-order valence-corrected chi connectivity index (χ2v) is 8.90. The van der Waals surface area contributed by atoms with Crippen molar-refractivity contribution in [2.24, 2.45) is 5.92 Å². The van der Waals surface area contributed by atoms with E-state index in [1.54, 1.807) is 30.9 Å². The average molecular weight is 413 g/mol. The number of carbonyl (C=O) groups is 2. The molecule has 9 heteroatoms. The van der Waals surface area contributed by atoms with Gasteiger partial charge in [0.1, 0.15) is 6.04 Å². The van der Waals surface area contributed by atoms with Crippen LogP contribution in [0, 0.1) is 19.8 Å². The summed E-state index contributed by atoms with van der Waals surface area (Å²) in [4.78, 5) is 26.2. The summed E-state index contributed by atoms with van der Waals surface area (Å²) in [5.41, 5.74) is 1.81. The second kappa shape index (κ2) is 9.49. The minimum Gasteiger partial charge on any atom is -0.454 e. The fraction of sp³-hybridized carbons (Fsp3) is 0.579. The molecule has 0 radical (unpaired) electrons. The van der Waals surface area contributed by atoms with Crippen molar-refractivity contribution in [1.29, 1.82) is 0 Å². The maximum atomic E-state index is 12.7. The van der Waals surface area contributed by atoms with E-state index in [-0.39, 0.29) is 16.7 Å². The number of rotatable bonds is 7. The van der Waals surface area contributed by atoms with Gasteiger partial charge in [0.2, 0.25) is 10.0 Å². The first kappa shape index (κ1) is 22.3. The van der Waals surface area contributed by atoms with Crippen LogP contribution in [-0.2, 0) is 29.1 Å². The molecule has 1 heterocycles. The quantitative estimate of drug-likeness (QED) is 0.671. The summed E-state index contributed by atoms with van der Waals surface area (Å²) < 4.78 is 38.1. The summed E-state index contributed by atoms with van der Waals surface area (Å²) in [5, 5.41) is 0. The van der Waals surface area contributed by atoms with Crippen molar-refractivity contribution in [3.8, 4) is 0 Å². The predicted molar refractivity (Wildman–Crippen MR) is 103 cm³/mol. The Labute approximate surface area is 166 Å². The lowest BCUT2D eigenvalue weighted by Gasteiger charge is -2.27. The van der Waals surface area contributed by atoms with Crippen molar-refractivity contribution in [3.05, 3.63) is 29.3 Å². The number of amides is 1. The summed E-state index contributed by atoms with van der Waals surface area (Å²) >= 11 is 0. The van der Waals surface area contributed by atoms with E-state index < -0.39 is 28.6 Å². The number of hydrogen-bond acceptors (Lipinski definition) is 6. The molecule has 1 aliphatic heterocycles. The highest BCUT2D eigenvalue weighted by molar-refractivity contribution is 7.89. The Morgan fingerprint density at radius 1 is 1.18 bits per heavy atom. The number of nitrogens with one attached hydrogen (secondary N) is 1. The van der Waals surface area contributed by atoms with Crippen LogP contribution in [0.5, 0.6) is 0 Å². The number of aryl methyl sites for hydroxylation is 2. The Balaban J connectivity index is 2.03. The van der Waals surface area contributed by atoms with E-state index >= 15 is 0 Å². The monoisotopic (exact) mass is 412 g/mol. The van der Waals surface area contributed by atoms with Crippen LogP contribution in [0.3, 0.4) is 0 Å². The highest BCUT2D eigenvalue weighted by Gasteiger charge is 2.30. The van der Waals surface area contributed by atoms with Gasteiger partial charge in [0.05, 0.1) is 18.1 Å². The Morgan fingerprint density at radius 2 is 1.82 bits per heavy atom. The average Bonchev–Trinajstić information content (AvgIpc) is 2.66. The van der Waals surface area contributed by atoms with Gasteiger partial charge in [0, 0.05) is 13.1 Å². The Morgan fingerprint density at radius 3 is 2.39 bits per heavy atom. The van der Waals surface area contributed by atoms with Crippen molar-refractivity contribution in [3.63, 3.8) is 0 Å². The Bertz CT molecular complexity index is 816. The molecule has 1 fully saturated rings. The van der Waals surface area contributed by atoms with Gasteiger partial charge in [-0.3, -0.25) is 9.59 Å². The van der Waals surface area contributed by atoms with Gasteiger partial charge in [-0.15, -0.1) is 0 Å². The second-order valence-electron chi connectivity index (χ2n) is 7.19. The number of sulfonamides is 1. The van der Waals surface area contributed by atoms with Gasteiger partial charge in [0.15, 0.2) is 6.61 Å². The van der Waals surface area contributed by atoms with Crippen LogP contribution in [0.2, 0.25) is 0 Å². The first-order valence-corrected chi connectivity index (χ1v) is 10.7. The lowest BCUT2D eigenvalue weighted by atomic mass is 10.1. The highest BCUT2D eigenvalue weighted by Crippen LogP contribution is 2.17. The molecular weight excluding hydrogens is 384 g/mol. The van der Waals surface area contributed by atoms with E-state index in [1.807, 2.05) is 13.8 Å². The predicted octanol–water partition coefficient (Wildman–Crippen LogP) is 1.01. The molecule has 0 aliphatic carbocycles. The highest BCUT2D eigenvalue weighted by atomic mass is 32.2.